The molecule has 0 aromatic heterocycles. The number of hydrogen-bond donors (Lipinski definition) is 2. The lowest BCUT2D eigenvalue weighted by Gasteiger charge is -2.60. The van der Waals surface area contributed by atoms with Gasteiger partial charge < -0.3 is 19.7 Å². The molecule has 0 saturated carbocycles. The molecule has 4 aliphatic rings. The fourth-order valence-corrected chi connectivity index (χ4v) is 5.28. The van der Waals surface area contributed by atoms with Crippen LogP contribution in [0.3, 0.4) is 0 Å². The van der Waals surface area contributed by atoms with Gasteiger partial charge in [-0.05, 0) is 50.2 Å². The van der Waals surface area contributed by atoms with E-state index in [1.54, 1.807) is 13.2 Å². The van der Waals surface area contributed by atoms with Crippen LogP contribution in [-0.2, 0) is 21.4 Å². The maximum atomic E-state index is 12.6. The van der Waals surface area contributed by atoms with Crippen molar-refractivity contribution in [2.45, 2.75) is 42.9 Å². The number of piperidine rings is 1. The lowest BCUT2D eigenvalue weighted by molar-refractivity contribution is -0.151. The Kier molecular flexibility index (Phi) is 3.87. The number of carbonyl (C=O) groups excluding carboxylic acids is 1. The van der Waals surface area contributed by atoms with Crippen molar-refractivity contribution < 1.29 is 29.3 Å². The number of ketones is 1. The summed E-state index contributed by atoms with van der Waals surface area (Å²) >= 11 is 0. The highest BCUT2D eigenvalue weighted by Gasteiger charge is 2.71. The zero-order valence-corrected chi connectivity index (χ0v) is 15.6. The van der Waals surface area contributed by atoms with Crippen LogP contribution in [0.5, 0.6) is 11.5 Å². The summed E-state index contributed by atoms with van der Waals surface area (Å²) in [5.41, 5.74) is 0.385. The number of aliphatic carboxylic acids is 1. The van der Waals surface area contributed by atoms with E-state index < -0.39 is 23.1 Å². The SMILES string of the molecule is CC(=O)O.COc1ccc2c3c1O[C@H]1C(=O)C=C[C@@]4(O)[C@@H](C2)N(C)CC[C@]314. The smallest absolute Gasteiger partial charge is 0.300 e. The summed E-state index contributed by atoms with van der Waals surface area (Å²) in [7, 11) is 3.65. The van der Waals surface area contributed by atoms with Gasteiger partial charge in [0, 0.05) is 18.5 Å². The van der Waals surface area contributed by atoms with Crippen molar-refractivity contribution in [1.29, 1.82) is 0 Å². The minimum Gasteiger partial charge on any atom is -0.493 e. The van der Waals surface area contributed by atoms with Crippen molar-refractivity contribution >= 4 is 11.8 Å². The Morgan fingerprint density at radius 1 is 1.41 bits per heavy atom. The highest BCUT2D eigenvalue weighted by molar-refractivity contribution is 5.99. The van der Waals surface area contributed by atoms with Crippen LogP contribution in [0.2, 0.25) is 0 Å². The molecule has 2 aliphatic heterocycles. The lowest BCUT2D eigenvalue weighted by atomic mass is 9.51. The lowest BCUT2D eigenvalue weighted by Crippen LogP contribution is -2.74. The van der Waals surface area contributed by atoms with E-state index >= 15 is 0 Å². The number of likely N-dealkylation sites (N-methyl/N-ethyl adjacent to an activating group) is 1. The normalized spacial score (nSPS) is 34.9. The van der Waals surface area contributed by atoms with Gasteiger partial charge in [-0.1, -0.05) is 6.07 Å². The number of rotatable bonds is 1. The van der Waals surface area contributed by atoms with Gasteiger partial charge in [0.15, 0.2) is 23.4 Å². The van der Waals surface area contributed by atoms with Gasteiger partial charge >= 0.3 is 0 Å². The number of aliphatic hydroxyl groups is 1. The first kappa shape index (κ1) is 18.0. The molecular formula is C20H23NO6. The molecule has 0 amide bonds. The fraction of sp³-hybridized carbons (Fsp3) is 0.500. The molecule has 1 saturated heterocycles. The summed E-state index contributed by atoms with van der Waals surface area (Å²) in [5.74, 6) is 0.387. The molecule has 1 aromatic rings. The molecule has 5 rings (SSSR count). The molecule has 7 heteroatoms. The topological polar surface area (TPSA) is 96.3 Å². The van der Waals surface area contributed by atoms with E-state index in [-0.39, 0.29) is 11.8 Å². The summed E-state index contributed by atoms with van der Waals surface area (Å²) in [6.07, 6.45) is 4.00. The van der Waals surface area contributed by atoms with E-state index in [4.69, 9.17) is 19.4 Å². The number of hydrogen-bond acceptors (Lipinski definition) is 6. The Labute approximate surface area is 157 Å². The highest BCUT2D eigenvalue weighted by Crippen LogP contribution is 2.63. The number of carbonyl (C=O) groups is 2. The van der Waals surface area contributed by atoms with Crippen molar-refractivity contribution in [3.63, 3.8) is 0 Å². The van der Waals surface area contributed by atoms with Crippen molar-refractivity contribution in [2.75, 3.05) is 20.7 Å². The van der Waals surface area contributed by atoms with Crippen molar-refractivity contribution in [3.8, 4) is 11.5 Å². The van der Waals surface area contributed by atoms with Crippen molar-refractivity contribution in [2.24, 2.45) is 0 Å². The minimum atomic E-state index is -1.08. The molecule has 1 aromatic carbocycles. The van der Waals surface area contributed by atoms with Crippen LogP contribution < -0.4 is 9.47 Å². The van der Waals surface area contributed by atoms with Crippen LogP contribution in [-0.4, -0.2) is 65.3 Å². The molecule has 4 atom stereocenters. The van der Waals surface area contributed by atoms with Crippen LogP contribution >= 0.6 is 0 Å². The van der Waals surface area contributed by atoms with Gasteiger partial charge in [-0.15, -0.1) is 0 Å². The Bertz CT molecular complexity index is 860. The number of ether oxygens (including phenoxy) is 2. The molecule has 27 heavy (non-hydrogen) atoms. The Hall–Kier alpha value is -2.38. The first-order valence-electron chi connectivity index (χ1n) is 8.98. The van der Waals surface area contributed by atoms with Crippen LogP contribution in [0.4, 0.5) is 0 Å². The van der Waals surface area contributed by atoms with E-state index in [0.717, 1.165) is 31.0 Å². The molecule has 7 nitrogen and oxygen atoms in total. The van der Waals surface area contributed by atoms with E-state index in [0.29, 0.717) is 17.9 Å². The largest absolute Gasteiger partial charge is 0.493 e. The molecule has 1 fully saturated rings. The molecule has 2 aliphatic carbocycles. The molecule has 144 valence electrons. The average molecular weight is 373 g/mol. The number of carboxylic acid groups (broad SMARTS) is 1. The number of methoxy groups -OCH3 is 1. The molecular weight excluding hydrogens is 350 g/mol. The third kappa shape index (κ3) is 2.15. The molecule has 2 heterocycles. The van der Waals surface area contributed by atoms with Gasteiger partial charge in [0.25, 0.3) is 5.97 Å². The molecule has 0 unspecified atom stereocenters. The standard InChI is InChI=1S/C18H19NO4.C2H4O2/c1-19-8-7-17-14-10-3-4-12(22-2)15(14)23-16(17)11(20)5-6-18(17,21)13(19)9-10;1-2(3)4/h3-6,13,16,21H,7-9H2,1-2H3;1H3,(H,3,4)/t13-,16+,17+,18-;/m1./s1. The molecule has 2 bridgehead atoms. The second-order valence-electron chi connectivity index (χ2n) is 7.63. The predicted molar refractivity (Wildman–Crippen MR) is 96.2 cm³/mol. The van der Waals surface area contributed by atoms with Crippen LogP contribution in [0.1, 0.15) is 24.5 Å². The third-order valence-electron chi connectivity index (χ3n) is 6.34. The quantitative estimate of drug-likeness (QED) is 0.755. The Morgan fingerprint density at radius 2 is 2.11 bits per heavy atom. The Morgan fingerprint density at radius 3 is 2.78 bits per heavy atom. The maximum absolute atomic E-state index is 12.6. The number of nitrogens with zero attached hydrogens (tertiary/aromatic N) is 1. The number of carboxylic acids is 1. The summed E-state index contributed by atoms with van der Waals surface area (Å²) in [6.45, 7) is 1.92. The summed E-state index contributed by atoms with van der Waals surface area (Å²) < 4.78 is 11.6. The van der Waals surface area contributed by atoms with Crippen LogP contribution in [0, 0.1) is 0 Å². The van der Waals surface area contributed by atoms with E-state index in [2.05, 4.69) is 11.0 Å². The molecule has 1 spiro atoms. The van der Waals surface area contributed by atoms with Crippen LogP contribution in [0.25, 0.3) is 0 Å². The van der Waals surface area contributed by atoms with Crippen LogP contribution in [0.15, 0.2) is 24.3 Å². The first-order valence-corrected chi connectivity index (χ1v) is 8.98. The van der Waals surface area contributed by atoms with Gasteiger partial charge in [-0.2, -0.15) is 0 Å². The van der Waals surface area contributed by atoms with Gasteiger partial charge in [0.1, 0.15) is 5.60 Å². The predicted octanol–water partition coefficient (Wildman–Crippen LogP) is 0.915. The monoisotopic (exact) mass is 373 g/mol. The molecule has 2 N–H and O–H groups in total. The summed E-state index contributed by atoms with van der Waals surface area (Å²) in [5, 5.41) is 19.1. The molecule has 0 radical (unpaired) electrons. The van der Waals surface area contributed by atoms with Crippen molar-refractivity contribution in [3.05, 3.63) is 35.4 Å². The van der Waals surface area contributed by atoms with Gasteiger partial charge in [0.2, 0.25) is 0 Å². The Balaban J connectivity index is 0.000000413. The maximum Gasteiger partial charge on any atom is 0.300 e. The first-order chi connectivity index (χ1) is 12.8. The number of likely N-dealkylation sites (tertiary alicyclic amines) is 1. The summed E-state index contributed by atoms with van der Waals surface area (Å²) in [4.78, 5) is 23.8. The third-order valence-corrected chi connectivity index (χ3v) is 6.34. The second kappa shape index (κ2) is 5.81. The van der Waals surface area contributed by atoms with E-state index in [9.17, 15) is 9.90 Å². The van der Waals surface area contributed by atoms with E-state index in [1.165, 1.54) is 6.08 Å². The van der Waals surface area contributed by atoms with E-state index in [1.807, 2.05) is 13.1 Å². The minimum absolute atomic E-state index is 0.0430. The average Bonchev–Trinajstić information content (AvgIpc) is 2.96. The van der Waals surface area contributed by atoms with Crippen molar-refractivity contribution in [1.82, 2.24) is 4.90 Å². The van der Waals surface area contributed by atoms with Gasteiger partial charge in [-0.25, -0.2) is 0 Å². The number of benzene rings is 1. The summed E-state index contributed by atoms with van der Waals surface area (Å²) in [6, 6.07) is 3.92. The highest BCUT2D eigenvalue weighted by atomic mass is 16.5. The fourth-order valence-electron chi connectivity index (χ4n) is 5.28. The van der Waals surface area contributed by atoms with Gasteiger partial charge in [0.05, 0.1) is 12.5 Å². The zero-order chi connectivity index (χ0) is 19.6. The second-order valence-corrected chi connectivity index (χ2v) is 7.63. The van der Waals surface area contributed by atoms with Gasteiger partial charge in [-0.3, -0.25) is 14.5 Å². The zero-order valence-electron chi connectivity index (χ0n) is 15.6.